The number of rotatable bonds is 7. The summed E-state index contributed by atoms with van der Waals surface area (Å²) in [7, 11) is 0. The van der Waals surface area contributed by atoms with Crippen molar-refractivity contribution in [3.05, 3.63) is 63.9 Å². The van der Waals surface area contributed by atoms with Crippen molar-refractivity contribution >= 4 is 34.7 Å². The molecule has 0 bridgehead atoms. The van der Waals surface area contributed by atoms with E-state index >= 15 is 0 Å². The summed E-state index contributed by atoms with van der Waals surface area (Å²) in [6.07, 6.45) is 7.55. The number of hydrogen-bond acceptors (Lipinski definition) is 4. The number of anilines is 1. The zero-order valence-electron chi connectivity index (χ0n) is 18.8. The molecule has 0 spiro atoms. The van der Waals surface area contributed by atoms with Crippen LogP contribution >= 0.6 is 11.3 Å². The van der Waals surface area contributed by atoms with Crippen LogP contribution < -0.4 is 4.90 Å². The maximum Gasteiger partial charge on any atom is 0.264 e. The highest BCUT2D eigenvalue weighted by atomic mass is 32.1. The van der Waals surface area contributed by atoms with Crippen LogP contribution in [0.2, 0.25) is 0 Å². The zero-order valence-corrected chi connectivity index (χ0v) is 19.6. The first-order valence-corrected chi connectivity index (χ1v) is 12.3. The van der Waals surface area contributed by atoms with E-state index in [0.29, 0.717) is 23.0 Å². The van der Waals surface area contributed by atoms with Crippen LogP contribution in [0.15, 0.2) is 53.4 Å². The van der Waals surface area contributed by atoms with Gasteiger partial charge >= 0.3 is 0 Å². The number of thiophene rings is 1. The Kier molecular flexibility index (Phi) is 6.89. The molecule has 1 unspecified atom stereocenters. The van der Waals surface area contributed by atoms with Gasteiger partial charge in [0.15, 0.2) is 0 Å². The molecule has 1 aromatic heterocycles. The van der Waals surface area contributed by atoms with Gasteiger partial charge < -0.3 is 4.90 Å². The Hall–Kier alpha value is -2.73. The second-order valence-electron chi connectivity index (χ2n) is 8.87. The van der Waals surface area contributed by atoms with Crippen molar-refractivity contribution in [3.63, 3.8) is 0 Å². The molecular formula is C26H30N2O3S. The van der Waals surface area contributed by atoms with Crippen molar-refractivity contribution in [2.24, 2.45) is 0 Å². The van der Waals surface area contributed by atoms with Crippen LogP contribution in [0.5, 0.6) is 0 Å². The molecule has 2 aliphatic rings. The number of hydrogen-bond donors (Lipinski definition) is 0. The fourth-order valence-electron chi connectivity index (χ4n) is 4.48. The van der Waals surface area contributed by atoms with E-state index < -0.39 is 6.04 Å². The number of imide groups is 1. The second kappa shape index (κ2) is 9.82. The lowest BCUT2D eigenvalue weighted by Crippen LogP contribution is -2.46. The summed E-state index contributed by atoms with van der Waals surface area (Å²) < 4.78 is 0. The summed E-state index contributed by atoms with van der Waals surface area (Å²) in [5, 5.41) is 1.86. The lowest BCUT2D eigenvalue weighted by atomic mass is 9.97. The van der Waals surface area contributed by atoms with Crippen molar-refractivity contribution in [2.75, 3.05) is 11.4 Å². The van der Waals surface area contributed by atoms with Gasteiger partial charge in [-0.3, -0.25) is 14.4 Å². The number of carbonyl (C=O) groups is 3. The molecule has 1 aromatic carbocycles. The molecule has 5 nitrogen and oxygen atoms in total. The van der Waals surface area contributed by atoms with E-state index in [1.54, 1.807) is 11.0 Å². The number of benzene rings is 1. The van der Waals surface area contributed by atoms with Gasteiger partial charge in [0.2, 0.25) is 5.91 Å². The number of carbonyl (C=O) groups excluding carboxylic acids is 3. The molecule has 1 aliphatic carbocycles. The highest BCUT2D eigenvalue weighted by Crippen LogP contribution is 2.30. The monoisotopic (exact) mass is 450 g/mol. The lowest BCUT2D eigenvalue weighted by molar-refractivity contribution is -0.122. The largest absolute Gasteiger partial charge is 0.325 e. The molecule has 0 radical (unpaired) electrons. The molecule has 2 heterocycles. The number of allylic oxidation sites excluding steroid dienone is 1. The number of amides is 3. The molecule has 1 atom stereocenters. The van der Waals surface area contributed by atoms with Crippen LogP contribution in [0.1, 0.15) is 73.5 Å². The summed E-state index contributed by atoms with van der Waals surface area (Å²) in [5.41, 5.74) is 3.07. The van der Waals surface area contributed by atoms with Crippen molar-refractivity contribution < 1.29 is 14.4 Å². The van der Waals surface area contributed by atoms with Gasteiger partial charge in [-0.2, -0.15) is 0 Å². The Morgan fingerprint density at radius 2 is 1.94 bits per heavy atom. The first-order valence-electron chi connectivity index (χ1n) is 11.4. The van der Waals surface area contributed by atoms with Crippen LogP contribution in [0.25, 0.3) is 0 Å². The zero-order chi connectivity index (χ0) is 22.7. The van der Waals surface area contributed by atoms with Gasteiger partial charge in [-0.25, -0.2) is 4.90 Å². The Balaban J connectivity index is 1.57. The van der Waals surface area contributed by atoms with Crippen LogP contribution in [0, 0.1) is 0 Å². The highest BCUT2D eigenvalue weighted by Gasteiger charge is 2.44. The minimum Gasteiger partial charge on any atom is -0.325 e. The summed E-state index contributed by atoms with van der Waals surface area (Å²) >= 11 is 1.37. The minimum absolute atomic E-state index is 0.0287. The fraction of sp³-hybridized carbons (Fsp3) is 0.423. The van der Waals surface area contributed by atoms with Crippen molar-refractivity contribution in [3.8, 4) is 0 Å². The third kappa shape index (κ3) is 4.70. The predicted molar refractivity (Wildman–Crippen MR) is 128 cm³/mol. The summed E-state index contributed by atoms with van der Waals surface area (Å²) in [6.45, 7) is 4.66. The average Bonchev–Trinajstić information content (AvgIpc) is 3.43. The SMILES string of the molecule is CC(C)c1ccc(N2C(=O)CC(N(CCC3=CCCCC3)C(=O)c3cccs3)C2=O)cc1. The Labute approximate surface area is 193 Å². The third-order valence-corrected chi connectivity index (χ3v) is 7.23. The van der Waals surface area contributed by atoms with E-state index in [9.17, 15) is 14.4 Å². The van der Waals surface area contributed by atoms with Crippen molar-refractivity contribution in [1.82, 2.24) is 4.90 Å². The smallest absolute Gasteiger partial charge is 0.264 e. The van der Waals surface area contributed by atoms with Gasteiger partial charge in [0.25, 0.3) is 11.8 Å². The average molecular weight is 451 g/mol. The molecule has 1 fully saturated rings. The van der Waals surface area contributed by atoms with E-state index in [1.807, 2.05) is 35.7 Å². The summed E-state index contributed by atoms with van der Waals surface area (Å²) in [6, 6.07) is 10.4. The molecule has 1 aliphatic heterocycles. The molecule has 168 valence electrons. The fourth-order valence-corrected chi connectivity index (χ4v) is 5.15. The van der Waals surface area contributed by atoms with Gasteiger partial charge in [0, 0.05) is 6.54 Å². The molecular weight excluding hydrogens is 420 g/mol. The molecule has 3 amide bonds. The first-order chi connectivity index (χ1) is 15.5. The maximum atomic E-state index is 13.4. The van der Waals surface area contributed by atoms with Crippen LogP contribution in [-0.4, -0.2) is 35.2 Å². The van der Waals surface area contributed by atoms with Gasteiger partial charge in [0.1, 0.15) is 6.04 Å². The molecule has 1 saturated heterocycles. The maximum absolute atomic E-state index is 13.4. The molecule has 32 heavy (non-hydrogen) atoms. The van der Waals surface area contributed by atoms with Crippen molar-refractivity contribution in [1.29, 1.82) is 0 Å². The van der Waals surface area contributed by atoms with Crippen LogP contribution in [0.4, 0.5) is 5.69 Å². The van der Waals surface area contributed by atoms with E-state index in [0.717, 1.165) is 24.8 Å². The summed E-state index contributed by atoms with van der Waals surface area (Å²) in [5.74, 6) is -0.359. The van der Waals surface area contributed by atoms with Crippen LogP contribution in [-0.2, 0) is 9.59 Å². The Bertz CT molecular complexity index is 1010. The molecule has 2 aromatic rings. The predicted octanol–water partition coefficient (Wildman–Crippen LogP) is 5.54. The summed E-state index contributed by atoms with van der Waals surface area (Å²) in [4.78, 5) is 43.1. The quantitative estimate of drug-likeness (QED) is 0.411. The Morgan fingerprint density at radius 3 is 2.56 bits per heavy atom. The minimum atomic E-state index is -0.758. The molecule has 0 N–H and O–H groups in total. The molecule has 0 saturated carbocycles. The van der Waals surface area contributed by atoms with Gasteiger partial charge in [-0.15, -0.1) is 11.3 Å². The Morgan fingerprint density at radius 1 is 1.16 bits per heavy atom. The van der Waals surface area contributed by atoms with Gasteiger partial charge in [0.05, 0.1) is 17.0 Å². The standard InChI is InChI=1S/C26H30N2O3S/c1-18(2)20-10-12-21(13-11-20)28-24(29)17-22(25(28)30)27(26(31)23-9-6-16-32-23)15-14-19-7-4-3-5-8-19/h6-7,9-13,16,18,22H,3-5,8,14-15,17H2,1-2H3. The van der Waals surface area contributed by atoms with Crippen LogP contribution in [0.3, 0.4) is 0 Å². The number of nitrogens with zero attached hydrogens (tertiary/aromatic N) is 2. The normalized spacial score (nSPS) is 18.9. The lowest BCUT2D eigenvalue weighted by Gasteiger charge is -2.28. The van der Waals surface area contributed by atoms with Gasteiger partial charge in [-0.1, -0.05) is 43.7 Å². The first kappa shape index (κ1) is 22.5. The highest BCUT2D eigenvalue weighted by molar-refractivity contribution is 7.12. The van der Waals surface area contributed by atoms with E-state index in [4.69, 9.17) is 0 Å². The van der Waals surface area contributed by atoms with Crippen molar-refractivity contribution in [2.45, 2.75) is 64.3 Å². The third-order valence-electron chi connectivity index (χ3n) is 6.37. The van der Waals surface area contributed by atoms with Gasteiger partial charge in [-0.05, 0) is 67.2 Å². The second-order valence-corrected chi connectivity index (χ2v) is 9.82. The topological polar surface area (TPSA) is 57.7 Å². The van der Waals surface area contributed by atoms with E-state index in [1.165, 1.54) is 34.7 Å². The van der Waals surface area contributed by atoms with E-state index in [-0.39, 0.29) is 24.1 Å². The molecule has 4 rings (SSSR count). The van der Waals surface area contributed by atoms with E-state index in [2.05, 4.69) is 19.9 Å². The molecule has 6 heteroatoms.